The molecule has 0 fully saturated rings. The van der Waals surface area contributed by atoms with Crippen LogP contribution in [0.25, 0.3) is 0 Å². The molecule has 2 rings (SSSR count). The summed E-state index contributed by atoms with van der Waals surface area (Å²) in [6.07, 6.45) is 0. The first-order valence-electron chi connectivity index (χ1n) is 8.84. The van der Waals surface area contributed by atoms with E-state index in [4.69, 9.17) is 23.5 Å². The fourth-order valence-corrected chi connectivity index (χ4v) is 2.82. The Labute approximate surface area is 170 Å². The monoisotopic (exact) mass is 420 g/mol. The maximum Gasteiger partial charge on any atom is 0.347 e. The predicted molar refractivity (Wildman–Crippen MR) is 103 cm³/mol. The lowest BCUT2D eigenvalue weighted by atomic mass is 10.1. The summed E-state index contributed by atoms with van der Waals surface area (Å²) in [5.41, 5.74) is 0.544. The summed E-state index contributed by atoms with van der Waals surface area (Å²) in [6, 6.07) is 12.4. The molecule has 0 spiro atoms. The smallest absolute Gasteiger partial charge is 0.347 e. The highest BCUT2D eigenvalue weighted by Gasteiger charge is 2.36. The van der Waals surface area contributed by atoms with E-state index < -0.39 is 26.6 Å². The third-order valence-electron chi connectivity index (χ3n) is 3.61. The minimum absolute atomic E-state index is 0.108. The van der Waals surface area contributed by atoms with Crippen molar-refractivity contribution in [1.82, 2.24) is 0 Å². The molecule has 2 aromatic rings. The van der Waals surface area contributed by atoms with E-state index in [9.17, 15) is 14.2 Å². The van der Waals surface area contributed by atoms with Gasteiger partial charge >= 0.3 is 26.6 Å². The van der Waals surface area contributed by atoms with Crippen LogP contribution < -0.4 is 9.47 Å². The number of esters is 2. The summed E-state index contributed by atoms with van der Waals surface area (Å²) >= 11 is 0. The van der Waals surface area contributed by atoms with Gasteiger partial charge in [-0.3, -0.25) is 4.79 Å². The SMILES string of the molecule is CCOC(OCC)(OP=O)c1ccc(OC(=O)c2ccccc2OC(C)=O)cc1. The van der Waals surface area contributed by atoms with Crippen molar-refractivity contribution >= 4 is 20.6 Å². The number of rotatable bonds is 10. The number of carbonyl (C=O) groups excluding carboxylic acids is 2. The molecule has 0 aliphatic heterocycles. The number of benzene rings is 2. The van der Waals surface area contributed by atoms with E-state index in [0.29, 0.717) is 5.56 Å². The van der Waals surface area contributed by atoms with Crippen LogP contribution >= 0.6 is 8.69 Å². The van der Waals surface area contributed by atoms with Gasteiger partial charge in [0.05, 0.1) is 13.2 Å². The van der Waals surface area contributed by atoms with Crippen molar-refractivity contribution in [3.63, 3.8) is 0 Å². The van der Waals surface area contributed by atoms with Gasteiger partial charge in [0.15, 0.2) is 0 Å². The highest BCUT2D eigenvalue weighted by Crippen LogP contribution is 2.34. The Morgan fingerprint density at radius 3 is 2.10 bits per heavy atom. The lowest BCUT2D eigenvalue weighted by Crippen LogP contribution is -2.34. The number of carbonyl (C=O) groups is 2. The van der Waals surface area contributed by atoms with E-state index in [2.05, 4.69) is 0 Å². The molecule has 0 saturated carbocycles. The van der Waals surface area contributed by atoms with Crippen LogP contribution in [0.3, 0.4) is 0 Å². The zero-order chi connectivity index (χ0) is 21.3. The molecule has 0 radical (unpaired) electrons. The average molecular weight is 420 g/mol. The first-order chi connectivity index (χ1) is 14.0. The van der Waals surface area contributed by atoms with E-state index in [0.717, 1.165) is 0 Å². The third kappa shape index (κ3) is 5.92. The van der Waals surface area contributed by atoms with Crippen LogP contribution in [0.4, 0.5) is 0 Å². The van der Waals surface area contributed by atoms with Crippen LogP contribution in [0.15, 0.2) is 48.5 Å². The molecular weight excluding hydrogens is 399 g/mol. The molecule has 0 aliphatic rings. The van der Waals surface area contributed by atoms with E-state index in [1.807, 2.05) is 0 Å². The molecule has 0 aliphatic carbocycles. The highest BCUT2D eigenvalue weighted by atomic mass is 31.1. The summed E-state index contributed by atoms with van der Waals surface area (Å²) in [5.74, 6) is -2.54. The summed E-state index contributed by atoms with van der Waals surface area (Å²) in [4.78, 5) is 23.7. The maximum absolute atomic E-state index is 12.5. The van der Waals surface area contributed by atoms with Crippen molar-refractivity contribution in [3.05, 3.63) is 59.7 Å². The Morgan fingerprint density at radius 2 is 1.55 bits per heavy atom. The largest absolute Gasteiger partial charge is 0.426 e. The minimum atomic E-state index is -1.64. The fraction of sp³-hybridized carbons (Fsp3) is 0.300. The number of ether oxygens (including phenoxy) is 4. The quantitative estimate of drug-likeness (QED) is 0.244. The molecule has 0 atom stereocenters. The second-order valence-corrected chi connectivity index (χ2v) is 5.92. The van der Waals surface area contributed by atoms with E-state index >= 15 is 0 Å². The van der Waals surface area contributed by atoms with Gasteiger partial charge in [-0.2, -0.15) is 0 Å². The molecule has 0 saturated heterocycles. The van der Waals surface area contributed by atoms with Crippen molar-refractivity contribution < 1.29 is 37.6 Å². The summed E-state index contributed by atoms with van der Waals surface area (Å²) in [7, 11) is -0.613. The summed E-state index contributed by atoms with van der Waals surface area (Å²) in [6.45, 7) is 5.23. The molecule has 29 heavy (non-hydrogen) atoms. The van der Waals surface area contributed by atoms with E-state index in [-0.39, 0.29) is 30.3 Å². The topological polar surface area (TPSA) is 97.4 Å². The first-order valence-corrected chi connectivity index (χ1v) is 9.57. The second-order valence-electron chi connectivity index (χ2n) is 5.59. The Morgan fingerprint density at radius 1 is 0.931 bits per heavy atom. The van der Waals surface area contributed by atoms with Crippen molar-refractivity contribution in [2.45, 2.75) is 26.7 Å². The first kappa shape index (κ1) is 22.6. The van der Waals surface area contributed by atoms with Gasteiger partial charge in [-0.1, -0.05) is 12.1 Å². The lowest BCUT2D eigenvalue weighted by Gasteiger charge is -2.29. The molecule has 0 N–H and O–H groups in total. The predicted octanol–water partition coefficient (Wildman–Crippen LogP) is 4.24. The number of hydrogen-bond donors (Lipinski definition) is 0. The highest BCUT2D eigenvalue weighted by molar-refractivity contribution is 7.17. The zero-order valence-corrected chi connectivity index (χ0v) is 17.1. The summed E-state index contributed by atoms with van der Waals surface area (Å²) < 4.78 is 37.6. The standard InChI is InChI=1S/C20H21O8P/c1-4-24-20(25-5-2,28-29-23)15-10-12-16(13-11-15)27-19(22)17-8-6-7-9-18(17)26-14(3)21/h6-13H,4-5H2,1-3H3. The normalized spacial score (nSPS) is 11.3. The molecule has 0 aromatic heterocycles. The van der Waals surface area contributed by atoms with Gasteiger partial charge in [0.1, 0.15) is 17.1 Å². The van der Waals surface area contributed by atoms with Crippen LogP contribution in [0.2, 0.25) is 0 Å². The minimum Gasteiger partial charge on any atom is -0.426 e. The van der Waals surface area contributed by atoms with Gasteiger partial charge in [0.2, 0.25) is 0 Å². The number of para-hydroxylation sites is 1. The van der Waals surface area contributed by atoms with Gasteiger partial charge in [-0.25, -0.2) is 13.9 Å². The fourth-order valence-electron chi connectivity index (χ4n) is 2.51. The van der Waals surface area contributed by atoms with Gasteiger partial charge in [-0.15, -0.1) is 0 Å². The zero-order valence-electron chi connectivity index (χ0n) is 16.2. The molecule has 2 aromatic carbocycles. The van der Waals surface area contributed by atoms with E-state index in [1.165, 1.54) is 31.2 Å². The second kappa shape index (κ2) is 10.8. The Hall–Kier alpha value is -2.64. The van der Waals surface area contributed by atoms with Crippen molar-refractivity contribution in [2.75, 3.05) is 13.2 Å². The van der Waals surface area contributed by atoms with Gasteiger partial charge < -0.3 is 18.9 Å². The average Bonchev–Trinajstić information content (AvgIpc) is 2.69. The van der Waals surface area contributed by atoms with Crippen molar-refractivity contribution in [3.8, 4) is 11.5 Å². The molecule has 0 amide bonds. The number of hydrogen-bond acceptors (Lipinski definition) is 8. The van der Waals surface area contributed by atoms with Crippen LogP contribution in [0, 0.1) is 0 Å². The Kier molecular flexibility index (Phi) is 8.42. The molecular formula is C20H21O8P. The molecule has 9 heteroatoms. The lowest BCUT2D eigenvalue weighted by molar-refractivity contribution is -0.350. The van der Waals surface area contributed by atoms with Gasteiger partial charge in [0.25, 0.3) is 0 Å². The molecule has 154 valence electrons. The molecule has 0 bridgehead atoms. The third-order valence-corrected chi connectivity index (χ3v) is 3.92. The van der Waals surface area contributed by atoms with Gasteiger partial charge in [-0.05, 0) is 50.2 Å². The van der Waals surface area contributed by atoms with Crippen LogP contribution in [-0.2, 0) is 29.3 Å². The molecule has 0 heterocycles. The van der Waals surface area contributed by atoms with Crippen LogP contribution in [0.5, 0.6) is 11.5 Å². The van der Waals surface area contributed by atoms with Crippen LogP contribution in [0.1, 0.15) is 36.7 Å². The van der Waals surface area contributed by atoms with Crippen molar-refractivity contribution in [1.29, 1.82) is 0 Å². The molecule has 0 unspecified atom stereocenters. The maximum atomic E-state index is 12.5. The Bertz CT molecular complexity index is 844. The van der Waals surface area contributed by atoms with Crippen molar-refractivity contribution in [2.24, 2.45) is 0 Å². The van der Waals surface area contributed by atoms with Gasteiger partial charge in [0, 0.05) is 12.5 Å². The van der Waals surface area contributed by atoms with E-state index in [1.54, 1.807) is 38.1 Å². The molecule has 8 nitrogen and oxygen atoms in total. The van der Waals surface area contributed by atoms with Crippen LogP contribution in [-0.4, -0.2) is 25.2 Å². The Balaban J connectivity index is 2.23. The summed E-state index contributed by atoms with van der Waals surface area (Å²) in [5, 5.41) is 0.